The van der Waals surface area contributed by atoms with E-state index in [-0.39, 0.29) is 5.54 Å². The van der Waals surface area contributed by atoms with Crippen molar-refractivity contribution in [1.29, 1.82) is 0 Å². The van der Waals surface area contributed by atoms with Crippen molar-refractivity contribution in [3.63, 3.8) is 0 Å². The fourth-order valence-corrected chi connectivity index (χ4v) is 3.34. The van der Waals surface area contributed by atoms with Crippen LogP contribution >= 0.6 is 12.2 Å². The normalized spacial score (nSPS) is 26.1. The fourth-order valence-electron chi connectivity index (χ4n) is 2.78. The number of nitrogens with zero attached hydrogens (tertiary/aromatic N) is 1. The Hall–Kier alpha value is -1.13. The van der Waals surface area contributed by atoms with Crippen LogP contribution in [0.5, 0.6) is 0 Å². The van der Waals surface area contributed by atoms with Gasteiger partial charge in [0.15, 0.2) is 5.11 Å². The zero-order chi connectivity index (χ0) is 14.1. The number of aliphatic hydroxyl groups is 1. The summed E-state index contributed by atoms with van der Waals surface area (Å²) in [7, 11) is 0. The van der Waals surface area contributed by atoms with Gasteiger partial charge in [0.05, 0.1) is 0 Å². The predicted molar refractivity (Wildman–Crippen MR) is 81.9 cm³/mol. The third-order valence-electron chi connectivity index (χ3n) is 3.52. The Morgan fingerprint density at radius 3 is 2.47 bits per heavy atom. The van der Waals surface area contributed by atoms with Crippen molar-refractivity contribution in [2.24, 2.45) is 0 Å². The minimum atomic E-state index is -0.888. The van der Waals surface area contributed by atoms with Crippen LogP contribution in [0.4, 0.5) is 0 Å². The fraction of sp³-hybridized carbons (Fsp3) is 0.533. The molecule has 1 aliphatic rings. The van der Waals surface area contributed by atoms with E-state index in [0.717, 1.165) is 13.0 Å². The molecule has 1 saturated heterocycles. The van der Waals surface area contributed by atoms with Crippen LogP contribution in [0.15, 0.2) is 30.3 Å². The van der Waals surface area contributed by atoms with Crippen molar-refractivity contribution in [3.8, 4) is 0 Å². The van der Waals surface area contributed by atoms with Crippen molar-refractivity contribution in [1.82, 2.24) is 10.2 Å². The summed E-state index contributed by atoms with van der Waals surface area (Å²) in [6.45, 7) is 6.68. The number of nitrogens with one attached hydrogen (secondary N) is 1. The number of hydrogen-bond acceptors (Lipinski definition) is 2. The molecule has 19 heavy (non-hydrogen) atoms. The van der Waals surface area contributed by atoms with Gasteiger partial charge in [-0.05, 0) is 45.0 Å². The average Bonchev–Trinajstić information content (AvgIpc) is 2.26. The van der Waals surface area contributed by atoms with Gasteiger partial charge in [-0.15, -0.1) is 0 Å². The average molecular weight is 278 g/mol. The Morgan fingerprint density at radius 1 is 1.26 bits per heavy atom. The zero-order valence-corrected chi connectivity index (χ0v) is 12.6. The topological polar surface area (TPSA) is 35.5 Å². The van der Waals surface area contributed by atoms with E-state index in [2.05, 4.69) is 31.3 Å². The minimum Gasteiger partial charge on any atom is -0.371 e. The van der Waals surface area contributed by atoms with Gasteiger partial charge in [-0.3, -0.25) is 0 Å². The monoisotopic (exact) mass is 278 g/mol. The summed E-state index contributed by atoms with van der Waals surface area (Å²) in [6, 6.07) is 10.3. The van der Waals surface area contributed by atoms with E-state index in [0.29, 0.717) is 11.5 Å². The first kappa shape index (κ1) is 14.3. The molecule has 0 saturated carbocycles. The summed E-state index contributed by atoms with van der Waals surface area (Å²) >= 11 is 5.40. The molecular formula is C15H22N2OS. The van der Waals surface area contributed by atoms with E-state index < -0.39 is 5.72 Å². The van der Waals surface area contributed by atoms with Crippen molar-refractivity contribution in [2.75, 3.05) is 6.54 Å². The molecule has 0 spiro atoms. The number of benzene rings is 1. The van der Waals surface area contributed by atoms with Crippen LogP contribution in [0.25, 0.3) is 0 Å². The number of rotatable bonds is 3. The first-order valence-electron chi connectivity index (χ1n) is 6.66. The lowest BCUT2D eigenvalue weighted by Crippen LogP contribution is -2.66. The Kier molecular flexibility index (Phi) is 3.83. The molecule has 104 valence electrons. The molecule has 1 fully saturated rings. The summed E-state index contributed by atoms with van der Waals surface area (Å²) in [5.41, 5.74) is 0.204. The van der Waals surface area contributed by atoms with Crippen LogP contribution in [0, 0.1) is 0 Å². The maximum Gasteiger partial charge on any atom is 0.171 e. The van der Waals surface area contributed by atoms with E-state index >= 15 is 0 Å². The van der Waals surface area contributed by atoms with Crippen molar-refractivity contribution >= 4 is 17.3 Å². The quantitative estimate of drug-likeness (QED) is 0.832. The standard InChI is InChI=1S/C15H22N2OS/c1-14(2)11-15(3,18)17(13(19)16-14)10-9-12-7-5-4-6-8-12/h4-8,18H,9-11H2,1-3H3,(H,16,19). The largest absolute Gasteiger partial charge is 0.371 e. The highest BCUT2D eigenvalue weighted by Crippen LogP contribution is 2.29. The van der Waals surface area contributed by atoms with Gasteiger partial charge in [0.25, 0.3) is 0 Å². The molecule has 0 bridgehead atoms. The van der Waals surface area contributed by atoms with Crippen LogP contribution in [-0.4, -0.2) is 32.9 Å². The highest BCUT2D eigenvalue weighted by Gasteiger charge is 2.42. The summed E-state index contributed by atoms with van der Waals surface area (Å²) in [5, 5.41) is 14.5. The van der Waals surface area contributed by atoms with Gasteiger partial charge >= 0.3 is 0 Å². The van der Waals surface area contributed by atoms with Crippen LogP contribution in [0.2, 0.25) is 0 Å². The first-order chi connectivity index (χ1) is 8.80. The summed E-state index contributed by atoms with van der Waals surface area (Å²) < 4.78 is 0. The third-order valence-corrected chi connectivity index (χ3v) is 3.84. The van der Waals surface area contributed by atoms with E-state index in [9.17, 15) is 5.11 Å². The second-order valence-corrected chi connectivity index (χ2v) is 6.48. The smallest absolute Gasteiger partial charge is 0.171 e. The number of thiocarbonyl (C=S) groups is 1. The molecule has 3 nitrogen and oxygen atoms in total. The molecule has 4 heteroatoms. The lowest BCUT2D eigenvalue weighted by atomic mass is 9.90. The van der Waals surface area contributed by atoms with Crippen molar-refractivity contribution in [3.05, 3.63) is 35.9 Å². The summed E-state index contributed by atoms with van der Waals surface area (Å²) in [4.78, 5) is 1.89. The van der Waals surface area contributed by atoms with Crippen LogP contribution in [0.1, 0.15) is 32.8 Å². The predicted octanol–water partition coefficient (Wildman–Crippen LogP) is 2.30. The Morgan fingerprint density at radius 2 is 1.89 bits per heavy atom. The lowest BCUT2D eigenvalue weighted by Gasteiger charge is -2.49. The third kappa shape index (κ3) is 3.45. The summed E-state index contributed by atoms with van der Waals surface area (Å²) in [6.07, 6.45) is 1.52. The van der Waals surface area contributed by atoms with Crippen LogP contribution < -0.4 is 5.32 Å². The number of hydrogen-bond donors (Lipinski definition) is 2. The molecule has 2 rings (SSSR count). The van der Waals surface area contributed by atoms with Gasteiger partial charge in [-0.1, -0.05) is 30.3 Å². The SMILES string of the molecule is CC1(C)CC(C)(O)N(CCc2ccccc2)C(=S)N1. The Labute approximate surface area is 120 Å². The highest BCUT2D eigenvalue weighted by molar-refractivity contribution is 7.80. The zero-order valence-electron chi connectivity index (χ0n) is 11.8. The maximum atomic E-state index is 10.6. The summed E-state index contributed by atoms with van der Waals surface area (Å²) in [5.74, 6) is 0. The molecule has 1 aromatic carbocycles. The van der Waals surface area contributed by atoms with Gasteiger partial charge in [-0.25, -0.2) is 0 Å². The minimum absolute atomic E-state index is 0.163. The molecule has 1 atom stereocenters. The molecule has 1 unspecified atom stereocenters. The van der Waals surface area contributed by atoms with Crippen molar-refractivity contribution < 1.29 is 5.11 Å². The van der Waals surface area contributed by atoms with E-state index in [4.69, 9.17) is 12.2 Å². The molecule has 0 amide bonds. The molecule has 0 aromatic heterocycles. The van der Waals surface area contributed by atoms with Gasteiger partial charge in [0.1, 0.15) is 5.72 Å². The molecule has 1 heterocycles. The van der Waals surface area contributed by atoms with E-state index in [1.54, 1.807) is 0 Å². The molecule has 0 aliphatic carbocycles. The Bertz CT molecular complexity index is 456. The first-order valence-corrected chi connectivity index (χ1v) is 7.07. The molecule has 0 radical (unpaired) electrons. The molecular weight excluding hydrogens is 256 g/mol. The van der Waals surface area contributed by atoms with Gasteiger partial charge in [0, 0.05) is 18.5 Å². The van der Waals surface area contributed by atoms with E-state index in [1.165, 1.54) is 5.56 Å². The highest BCUT2D eigenvalue weighted by atomic mass is 32.1. The van der Waals surface area contributed by atoms with Gasteiger partial charge in [-0.2, -0.15) is 0 Å². The second-order valence-electron chi connectivity index (χ2n) is 6.10. The lowest BCUT2D eigenvalue weighted by molar-refractivity contribution is -0.0876. The van der Waals surface area contributed by atoms with Gasteiger partial charge < -0.3 is 15.3 Å². The Balaban J connectivity index is 2.05. The molecule has 2 N–H and O–H groups in total. The van der Waals surface area contributed by atoms with Crippen molar-refractivity contribution in [2.45, 2.75) is 44.9 Å². The molecule has 1 aliphatic heterocycles. The van der Waals surface area contributed by atoms with Gasteiger partial charge in [0.2, 0.25) is 0 Å². The maximum absolute atomic E-state index is 10.6. The van der Waals surface area contributed by atoms with Crippen LogP contribution in [0.3, 0.4) is 0 Å². The van der Waals surface area contributed by atoms with E-state index in [1.807, 2.05) is 30.0 Å². The second kappa shape index (κ2) is 5.10. The molecule has 1 aromatic rings. The van der Waals surface area contributed by atoms with Crippen LogP contribution in [-0.2, 0) is 6.42 Å².